The molecule has 4 nitrogen and oxygen atoms in total. The minimum atomic E-state index is -0.00333. The number of hydrogen-bond donors (Lipinski definition) is 1. The Kier molecular flexibility index (Phi) is 4.63. The van der Waals surface area contributed by atoms with Gasteiger partial charge in [0, 0.05) is 28.7 Å². The van der Waals surface area contributed by atoms with E-state index in [1.54, 1.807) is 11.3 Å². The smallest absolute Gasteiger partial charge is 0.254 e. The summed E-state index contributed by atoms with van der Waals surface area (Å²) in [6.07, 6.45) is 4.97. The van der Waals surface area contributed by atoms with Crippen molar-refractivity contribution in [2.75, 3.05) is 5.75 Å². The van der Waals surface area contributed by atoms with Crippen LogP contribution in [0.3, 0.4) is 0 Å². The summed E-state index contributed by atoms with van der Waals surface area (Å²) in [4.78, 5) is 18.8. The number of rotatable bonds is 4. The minimum Gasteiger partial charge on any atom is -0.346 e. The highest BCUT2D eigenvalue weighted by Crippen LogP contribution is 2.38. The van der Waals surface area contributed by atoms with Crippen LogP contribution in [0.5, 0.6) is 0 Å². The third kappa shape index (κ3) is 3.37. The van der Waals surface area contributed by atoms with E-state index in [1.165, 1.54) is 10.4 Å². The average Bonchev–Trinajstić information content (AvgIpc) is 3.27. The van der Waals surface area contributed by atoms with Crippen molar-refractivity contribution in [3.05, 3.63) is 70.1 Å². The highest BCUT2D eigenvalue weighted by molar-refractivity contribution is 7.98. The number of amides is 1. The van der Waals surface area contributed by atoms with Crippen molar-refractivity contribution in [1.82, 2.24) is 14.9 Å². The number of thiophene rings is 1. The largest absolute Gasteiger partial charge is 0.346 e. The van der Waals surface area contributed by atoms with Gasteiger partial charge in [-0.05, 0) is 48.9 Å². The standard InChI is InChI=1S/C19H19N3OS2/c1-13-5-4-6-14(21-13)11-20-18(23)17-15-7-10-24-12-16(15)25-19(17)22-8-2-3-9-22/h2-6,8-9H,7,10-12H2,1H3,(H,20,23). The van der Waals surface area contributed by atoms with E-state index in [-0.39, 0.29) is 5.91 Å². The molecule has 0 atom stereocenters. The molecule has 0 radical (unpaired) electrons. The molecule has 128 valence electrons. The number of nitrogens with one attached hydrogen (secondary N) is 1. The summed E-state index contributed by atoms with van der Waals surface area (Å²) in [5, 5.41) is 4.09. The second kappa shape index (κ2) is 7.06. The van der Waals surface area contributed by atoms with Crippen LogP contribution >= 0.6 is 23.1 Å². The maximum absolute atomic E-state index is 13.0. The van der Waals surface area contributed by atoms with Crippen molar-refractivity contribution in [2.24, 2.45) is 0 Å². The third-order valence-electron chi connectivity index (χ3n) is 4.24. The lowest BCUT2D eigenvalue weighted by atomic mass is 10.1. The number of nitrogens with zero attached hydrogens (tertiary/aromatic N) is 2. The fourth-order valence-electron chi connectivity index (χ4n) is 3.06. The number of aromatic nitrogens is 2. The molecule has 3 aromatic heterocycles. The van der Waals surface area contributed by atoms with Gasteiger partial charge in [-0.1, -0.05) is 6.07 Å². The summed E-state index contributed by atoms with van der Waals surface area (Å²) < 4.78 is 2.05. The summed E-state index contributed by atoms with van der Waals surface area (Å²) in [5.41, 5.74) is 3.91. The Bertz CT molecular complexity index is 900. The molecular weight excluding hydrogens is 350 g/mol. The Morgan fingerprint density at radius 1 is 1.28 bits per heavy atom. The maximum Gasteiger partial charge on any atom is 0.254 e. The number of aryl methyl sites for hydroxylation is 1. The molecule has 25 heavy (non-hydrogen) atoms. The fourth-order valence-corrected chi connectivity index (χ4v) is 5.50. The van der Waals surface area contributed by atoms with Crippen molar-refractivity contribution in [3.63, 3.8) is 0 Å². The summed E-state index contributed by atoms with van der Waals surface area (Å²) in [5.74, 6) is 2.08. The molecule has 4 rings (SSSR count). The van der Waals surface area contributed by atoms with Crippen molar-refractivity contribution in [2.45, 2.75) is 25.6 Å². The molecule has 4 heterocycles. The molecule has 1 aliphatic rings. The van der Waals surface area contributed by atoms with E-state index in [1.807, 2.05) is 66.0 Å². The van der Waals surface area contributed by atoms with E-state index >= 15 is 0 Å². The van der Waals surface area contributed by atoms with Gasteiger partial charge >= 0.3 is 0 Å². The van der Waals surface area contributed by atoms with Crippen LogP contribution in [0, 0.1) is 6.92 Å². The summed E-state index contributed by atoms with van der Waals surface area (Å²) >= 11 is 3.68. The molecule has 0 aromatic carbocycles. The molecule has 1 aliphatic heterocycles. The zero-order valence-electron chi connectivity index (χ0n) is 14.0. The van der Waals surface area contributed by atoms with Crippen LogP contribution in [0.25, 0.3) is 5.00 Å². The zero-order valence-corrected chi connectivity index (χ0v) is 15.6. The number of hydrogen-bond acceptors (Lipinski definition) is 4. The van der Waals surface area contributed by atoms with Gasteiger partial charge in [-0.3, -0.25) is 9.78 Å². The van der Waals surface area contributed by atoms with Crippen molar-refractivity contribution < 1.29 is 4.79 Å². The van der Waals surface area contributed by atoms with Gasteiger partial charge in [0.05, 0.1) is 17.8 Å². The molecule has 3 aromatic rings. The lowest BCUT2D eigenvalue weighted by molar-refractivity contribution is 0.0950. The van der Waals surface area contributed by atoms with Crippen LogP contribution in [-0.4, -0.2) is 21.2 Å². The monoisotopic (exact) mass is 369 g/mol. The van der Waals surface area contributed by atoms with E-state index < -0.39 is 0 Å². The summed E-state index contributed by atoms with van der Waals surface area (Å²) in [6.45, 7) is 2.41. The van der Waals surface area contributed by atoms with Crippen molar-refractivity contribution >= 4 is 29.0 Å². The number of pyridine rings is 1. The second-order valence-corrected chi connectivity index (χ2v) is 8.22. The first-order valence-corrected chi connectivity index (χ1v) is 10.3. The second-order valence-electron chi connectivity index (χ2n) is 6.03. The molecule has 1 N–H and O–H groups in total. The van der Waals surface area contributed by atoms with E-state index in [2.05, 4.69) is 10.3 Å². The summed E-state index contributed by atoms with van der Waals surface area (Å²) in [7, 11) is 0. The molecule has 1 amide bonds. The van der Waals surface area contributed by atoms with Gasteiger partial charge in [-0.2, -0.15) is 11.8 Å². The average molecular weight is 370 g/mol. The van der Waals surface area contributed by atoms with Crippen molar-refractivity contribution in [1.29, 1.82) is 0 Å². The van der Waals surface area contributed by atoms with Crippen LogP contribution in [0.15, 0.2) is 42.7 Å². The lowest BCUT2D eigenvalue weighted by Crippen LogP contribution is -2.25. The minimum absolute atomic E-state index is 0.00333. The van der Waals surface area contributed by atoms with Crippen LogP contribution in [0.4, 0.5) is 0 Å². The van der Waals surface area contributed by atoms with E-state index in [0.29, 0.717) is 6.54 Å². The molecule has 0 bridgehead atoms. The molecule has 0 aliphatic carbocycles. The number of carbonyl (C=O) groups is 1. The zero-order chi connectivity index (χ0) is 17.2. The quantitative estimate of drug-likeness (QED) is 0.757. The predicted octanol–water partition coefficient (Wildman–Crippen LogP) is 3.96. The maximum atomic E-state index is 13.0. The predicted molar refractivity (Wildman–Crippen MR) is 104 cm³/mol. The molecule has 0 spiro atoms. The first-order valence-electron chi connectivity index (χ1n) is 8.29. The molecule has 0 unspecified atom stereocenters. The Hall–Kier alpha value is -2.05. The van der Waals surface area contributed by atoms with Gasteiger partial charge in [-0.15, -0.1) is 11.3 Å². The van der Waals surface area contributed by atoms with E-state index in [4.69, 9.17) is 0 Å². The van der Waals surface area contributed by atoms with Crippen LogP contribution in [0.2, 0.25) is 0 Å². The normalized spacial score (nSPS) is 13.5. The highest BCUT2D eigenvalue weighted by atomic mass is 32.2. The van der Waals surface area contributed by atoms with Gasteiger partial charge in [0.15, 0.2) is 0 Å². The molecule has 0 fully saturated rings. The Morgan fingerprint density at radius 3 is 2.92 bits per heavy atom. The topological polar surface area (TPSA) is 46.9 Å². The lowest BCUT2D eigenvalue weighted by Gasteiger charge is -2.13. The van der Waals surface area contributed by atoms with Gasteiger partial charge in [0.25, 0.3) is 5.91 Å². The van der Waals surface area contributed by atoms with Gasteiger partial charge < -0.3 is 9.88 Å². The molecule has 6 heteroatoms. The Morgan fingerprint density at radius 2 is 2.12 bits per heavy atom. The molecule has 0 saturated heterocycles. The molecular formula is C19H19N3OS2. The van der Waals surface area contributed by atoms with Gasteiger partial charge in [0.1, 0.15) is 5.00 Å². The van der Waals surface area contributed by atoms with Gasteiger partial charge in [-0.25, -0.2) is 0 Å². The van der Waals surface area contributed by atoms with Crippen LogP contribution in [0.1, 0.15) is 32.2 Å². The van der Waals surface area contributed by atoms with Crippen molar-refractivity contribution in [3.8, 4) is 5.00 Å². The number of fused-ring (bicyclic) bond motifs is 1. The first-order chi connectivity index (χ1) is 12.2. The highest BCUT2D eigenvalue weighted by Gasteiger charge is 2.26. The van der Waals surface area contributed by atoms with Crippen LogP contribution < -0.4 is 5.32 Å². The Balaban J connectivity index is 1.64. The summed E-state index contributed by atoms with van der Waals surface area (Å²) in [6, 6.07) is 9.86. The van der Waals surface area contributed by atoms with Crippen LogP contribution in [-0.2, 0) is 18.7 Å². The van der Waals surface area contributed by atoms with E-state index in [9.17, 15) is 4.79 Å². The van der Waals surface area contributed by atoms with E-state index in [0.717, 1.165) is 39.9 Å². The third-order valence-corrected chi connectivity index (χ3v) is 6.66. The first kappa shape index (κ1) is 16.4. The molecule has 0 saturated carbocycles. The number of carbonyl (C=O) groups excluding carboxylic acids is 1. The van der Waals surface area contributed by atoms with Gasteiger partial charge in [0.2, 0.25) is 0 Å². The Labute approximate surface area is 155 Å². The number of thioether (sulfide) groups is 1. The SMILES string of the molecule is Cc1cccc(CNC(=O)c2c(-n3cccc3)sc3c2CCSC3)n1. The fraction of sp³-hybridized carbons (Fsp3) is 0.263.